The first-order valence-electron chi connectivity index (χ1n) is 8.27. The smallest absolute Gasteiger partial charge is 0.251 e. The Labute approximate surface area is 144 Å². The molecule has 2 rings (SSSR count). The number of amides is 1. The van der Waals surface area contributed by atoms with E-state index in [1.54, 1.807) is 7.11 Å². The van der Waals surface area contributed by atoms with Gasteiger partial charge in [0.05, 0.1) is 6.61 Å². The molecule has 0 saturated carbocycles. The average Bonchev–Trinajstić information content (AvgIpc) is 2.60. The van der Waals surface area contributed by atoms with E-state index in [0.29, 0.717) is 18.7 Å². The van der Waals surface area contributed by atoms with Crippen molar-refractivity contribution >= 4 is 5.91 Å². The van der Waals surface area contributed by atoms with Gasteiger partial charge < -0.3 is 15.0 Å². The highest BCUT2D eigenvalue weighted by molar-refractivity contribution is 5.94. The number of carbonyl (C=O) groups excluding carboxylic acids is 1. The van der Waals surface area contributed by atoms with Crippen LogP contribution in [0.3, 0.4) is 0 Å². The summed E-state index contributed by atoms with van der Waals surface area (Å²) < 4.78 is 5.10. The van der Waals surface area contributed by atoms with Crippen LogP contribution in [0.5, 0.6) is 0 Å². The van der Waals surface area contributed by atoms with Gasteiger partial charge in [0, 0.05) is 25.8 Å². The second-order valence-electron chi connectivity index (χ2n) is 5.97. The Morgan fingerprint density at radius 1 is 1.08 bits per heavy atom. The fraction of sp³-hybridized carbons (Fsp3) is 0.350. The molecule has 0 unspecified atom stereocenters. The molecular weight excluding hydrogens is 300 g/mol. The molecule has 0 spiro atoms. The fourth-order valence-corrected chi connectivity index (χ4v) is 2.60. The highest BCUT2D eigenvalue weighted by Crippen LogP contribution is 2.06. The lowest BCUT2D eigenvalue weighted by Gasteiger charge is -2.16. The fourth-order valence-electron chi connectivity index (χ4n) is 2.60. The van der Waals surface area contributed by atoms with Crippen molar-refractivity contribution in [3.05, 3.63) is 71.3 Å². The normalized spacial score (nSPS) is 10.8. The van der Waals surface area contributed by atoms with Gasteiger partial charge in [-0.05, 0) is 43.3 Å². The van der Waals surface area contributed by atoms with E-state index < -0.39 is 0 Å². The Kier molecular flexibility index (Phi) is 7.46. The Morgan fingerprint density at radius 3 is 2.58 bits per heavy atom. The second-order valence-corrected chi connectivity index (χ2v) is 5.97. The van der Waals surface area contributed by atoms with Crippen LogP contribution in [0.4, 0.5) is 0 Å². The summed E-state index contributed by atoms with van der Waals surface area (Å²) in [7, 11) is 3.75. The number of ether oxygens (including phenoxy) is 1. The minimum atomic E-state index is -0.0290. The third-order valence-electron chi connectivity index (χ3n) is 3.80. The first-order valence-corrected chi connectivity index (χ1v) is 8.27. The van der Waals surface area contributed by atoms with Gasteiger partial charge in [-0.15, -0.1) is 0 Å². The molecule has 0 fully saturated rings. The summed E-state index contributed by atoms with van der Waals surface area (Å²) in [5.74, 6) is -0.0290. The molecule has 2 aromatic carbocycles. The lowest BCUT2D eigenvalue weighted by Crippen LogP contribution is -2.28. The molecule has 2 aromatic rings. The van der Waals surface area contributed by atoms with E-state index in [2.05, 4.69) is 41.5 Å². The molecule has 1 amide bonds. The van der Waals surface area contributed by atoms with E-state index in [9.17, 15) is 4.79 Å². The molecule has 0 bridgehead atoms. The van der Waals surface area contributed by atoms with Crippen molar-refractivity contribution in [1.82, 2.24) is 10.2 Å². The number of carbonyl (C=O) groups is 1. The van der Waals surface area contributed by atoms with Gasteiger partial charge in [0.1, 0.15) is 0 Å². The van der Waals surface area contributed by atoms with Gasteiger partial charge in [-0.1, -0.05) is 42.5 Å². The topological polar surface area (TPSA) is 41.6 Å². The largest absolute Gasteiger partial charge is 0.380 e. The van der Waals surface area contributed by atoms with Crippen LogP contribution < -0.4 is 5.32 Å². The molecule has 0 radical (unpaired) electrons. The number of methoxy groups -OCH3 is 1. The summed E-state index contributed by atoms with van der Waals surface area (Å²) in [5.41, 5.74) is 2.99. The van der Waals surface area contributed by atoms with Crippen LogP contribution in [0.15, 0.2) is 54.6 Å². The Balaban J connectivity index is 1.70. The highest BCUT2D eigenvalue weighted by atomic mass is 16.5. The van der Waals surface area contributed by atoms with E-state index >= 15 is 0 Å². The third-order valence-corrected chi connectivity index (χ3v) is 3.80. The van der Waals surface area contributed by atoms with Gasteiger partial charge in [-0.2, -0.15) is 0 Å². The van der Waals surface area contributed by atoms with E-state index in [4.69, 9.17) is 4.74 Å². The Morgan fingerprint density at radius 2 is 1.83 bits per heavy atom. The number of rotatable bonds is 9. The quantitative estimate of drug-likeness (QED) is 0.720. The number of nitrogens with one attached hydrogen (secondary N) is 1. The van der Waals surface area contributed by atoms with Gasteiger partial charge in [-0.3, -0.25) is 4.79 Å². The van der Waals surface area contributed by atoms with E-state index in [1.165, 1.54) is 5.56 Å². The SMILES string of the molecule is COCc1cccc(C(=O)NCCCN(C)Cc2ccccc2)c1. The van der Waals surface area contributed by atoms with Crippen molar-refractivity contribution in [3.63, 3.8) is 0 Å². The summed E-state index contributed by atoms with van der Waals surface area (Å²) in [6.45, 7) is 3.06. The maximum atomic E-state index is 12.2. The Hall–Kier alpha value is -2.17. The number of hydrogen-bond donors (Lipinski definition) is 1. The predicted molar refractivity (Wildman–Crippen MR) is 96.9 cm³/mol. The van der Waals surface area contributed by atoms with Crippen LogP contribution in [0, 0.1) is 0 Å². The van der Waals surface area contributed by atoms with Gasteiger partial charge in [0.25, 0.3) is 5.91 Å². The van der Waals surface area contributed by atoms with Crippen molar-refractivity contribution < 1.29 is 9.53 Å². The zero-order valence-electron chi connectivity index (χ0n) is 14.5. The minimum Gasteiger partial charge on any atom is -0.380 e. The zero-order chi connectivity index (χ0) is 17.2. The predicted octanol–water partition coefficient (Wildman–Crippen LogP) is 3.08. The summed E-state index contributed by atoms with van der Waals surface area (Å²) in [6.07, 6.45) is 0.923. The number of nitrogens with zero attached hydrogens (tertiary/aromatic N) is 1. The monoisotopic (exact) mass is 326 g/mol. The van der Waals surface area contributed by atoms with Crippen LogP contribution in [0.25, 0.3) is 0 Å². The van der Waals surface area contributed by atoms with Crippen molar-refractivity contribution in [2.75, 3.05) is 27.2 Å². The van der Waals surface area contributed by atoms with Crippen molar-refractivity contribution in [2.45, 2.75) is 19.6 Å². The average molecular weight is 326 g/mol. The zero-order valence-corrected chi connectivity index (χ0v) is 14.5. The first kappa shape index (κ1) is 18.2. The molecule has 128 valence electrons. The first-order chi connectivity index (χ1) is 11.7. The van der Waals surface area contributed by atoms with E-state index in [1.807, 2.05) is 30.3 Å². The minimum absolute atomic E-state index is 0.0290. The van der Waals surface area contributed by atoms with Gasteiger partial charge in [-0.25, -0.2) is 0 Å². The number of benzene rings is 2. The van der Waals surface area contributed by atoms with Crippen molar-refractivity contribution in [3.8, 4) is 0 Å². The summed E-state index contributed by atoms with van der Waals surface area (Å²) >= 11 is 0. The molecule has 0 heterocycles. The molecule has 0 atom stereocenters. The van der Waals surface area contributed by atoms with Crippen LogP contribution in [-0.2, 0) is 17.9 Å². The molecule has 0 aromatic heterocycles. The van der Waals surface area contributed by atoms with Crippen molar-refractivity contribution in [2.24, 2.45) is 0 Å². The summed E-state index contributed by atoms with van der Waals surface area (Å²) in [4.78, 5) is 14.4. The number of hydrogen-bond acceptors (Lipinski definition) is 3. The lowest BCUT2D eigenvalue weighted by atomic mass is 10.1. The summed E-state index contributed by atoms with van der Waals surface area (Å²) in [6, 6.07) is 17.9. The Bertz CT molecular complexity index is 629. The molecule has 4 heteroatoms. The van der Waals surface area contributed by atoms with Gasteiger partial charge in [0.2, 0.25) is 0 Å². The van der Waals surface area contributed by atoms with Gasteiger partial charge in [0.15, 0.2) is 0 Å². The molecule has 0 saturated heterocycles. The maximum Gasteiger partial charge on any atom is 0.251 e. The molecule has 24 heavy (non-hydrogen) atoms. The standard InChI is InChI=1S/C20H26N2O2/c1-22(15-17-8-4-3-5-9-17)13-7-12-21-20(23)19-11-6-10-18(14-19)16-24-2/h3-6,8-11,14H,7,12-13,15-16H2,1-2H3,(H,21,23). The molecule has 0 aliphatic rings. The van der Waals surface area contributed by atoms with Crippen molar-refractivity contribution in [1.29, 1.82) is 0 Å². The molecule has 0 aliphatic carbocycles. The van der Waals surface area contributed by atoms with Crippen LogP contribution >= 0.6 is 0 Å². The third kappa shape index (κ3) is 6.14. The maximum absolute atomic E-state index is 12.2. The molecule has 0 aliphatic heterocycles. The lowest BCUT2D eigenvalue weighted by molar-refractivity contribution is 0.0951. The van der Waals surface area contributed by atoms with Crippen LogP contribution in [0.2, 0.25) is 0 Å². The molecular formula is C20H26N2O2. The summed E-state index contributed by atoms with van der Waals surface area (Å²) in [5, 5.41) is 2.98. The second kappa shape index (κ2) is 9.85. The molecule has 4 nitrogen and oxygen atoms in total. The van der Waals surface area contributed by atoms with Gasteiger partial charge >= 0.3 is 0 Å². The highest BCUT2D eigenvalue weighted by Gasteiger charge is 2.06. The van der Waals surface area contributed by atoms with E-state index in [0.717, 1.165) is 25.1 Å². The van der Waals surface area contributed by atoms with Crippen LogP contribution in [-0.4, -0.2) is 38.1 Å². The van der Waals surface area contributed by atoms with Crippen LogP contribution in [0.1, 0.15) is 27.9 Å². The van der Waals surface area contributed by atoms with E-state index in [-0.39, 0.29) is 5.91 Å². The molecule has 1 N–H and O–H groups in total.